The van der Waals surface area contributed by atoms with Crippen LogP contribution in [0.3, 0.4) is 0 Å². The monoisotopic (exact) mass is 521 g/mol. The van der Waals surface area contributed by atoms with Crippen molar-refractivity contribution in [1.82, 2.24) is 19.5 Å². The standard InChI is InChI=1S/C29H39N5O4/c1-8-33(27(36)38-29(5,6)7)21-14-16-34-25(17-21)22(18-30-34)24-13-9-12-23(31-24)20-11-10-15-32(19-20)26(35)37-28(2,3)4/h9,12-14,16-18,20H,8,10-11,15,19H2,1-7H3. The fourth-order valence-electron chi connectivity index (χ4n) is 4.61. The summed E-state index contributed by atoms with van der Waals surface area (Å²) < 4.78 is 13.0. The first-order valence-corrected chi connectivity index (χ1v) is 13.3. The summed E-state index contributed by atoms with van der Waals surface area (Å²) in [5.41, 5.74) is 3.06. The minimum Gasteiger partial charge on any atom is -0.444 e. The average molecular weight is 522 g/mol. The molecule has 0 saturated carbocycles. The zero-order chi connectivity index (χ0) is 27.7. The number of aromatic nitrogens is 3. The lowest BCUT2D eigenvalue weighted by atomic mass is 9.94. The summed E-state index contributed by atoms with van der Waals surface area (Å²) in [5, 5.41) is 4.51. The Morgan fingerprint density at radius 1 is 1.08 bits per heavy atom. The summed E-state index contributed by atoms with van der Waals surface area (Å²) in [4.78, 5) is 33.9. The molecule has 4 rings (SSSR count). The first-order chi connectivity index (χ1) is 17.8. The molecule has 1 aliphatic heterocycles. The molecule has 3 aromatic rings. The van der Waals surface area contributed by atoms with Crippen molar-refractivity contribution in [3.8, 4) is 11.3 Å². The summed E-state index contributed by atoms with van der Waals surface area (Å²) in [6.07, 6.45) is 4.81. The van der Waals surface area contributed by atoms with E-state index in [1.807, 2.05) is 85.0 Å². The molecule has 1 atom stereocenters. The molecule has 0 aromatic carbocycles. The predicted molar refractivity (Wildman–Crippen MR) is 147 cm³/mol. The Hall–Kier alpha value is -3.62. The van der Waals surface area contributed by atoms with E-state index in [-0.39, 0.29) is 12.0 Å². The van der Waals surface area contributed by atoms with Crippen molar-refractivity contribution >= 4 is 23.4 Å². The normalized spacial score (nSPS) is 16.4. The Kier molecular flexibility index (Phi) is 7.67. The average Bonchev–Trinajstić information content (AvgIpc) is 3.26. The van der Waals surface area contributed by atoms with Crippen LogP contribution >= 0.6 is 0 Å². The third-order valence-corrected chi connectivity index (χ3v) is 6.28. The fraction of sp³-hybridized carbons (Fsp3) is 0.517. The second kappa shape index (κ2) is 10.6. The zero-order valence-corrected chi connectivity index (χ0v) is 23.5. The number of pyridine rings is 2. The van der Waals surface area contributed by atoms with E-state index < -0.39 is 17.3 Å². The molecule has 0 spiro atoms. The van der Waals surface area contributed by atoms with Gasteiger partial charge in [-0.05, 0) is 85.6 Å². The molecule has 1 unspecified atom stereocenters. The predicted octanol–water partition coefficient (Wildman–Crippen LogP) is 6.27. The summed E-state index contributed by atoms with van der Waals surface area (Å²) in [6.45, 7) is 14.9. The zero-order valence-electron chi connectivity index (χ0n) is 23.5. The molecule has 4 heterocycles. The number of hydrogen-bond donors (Lipinski definition) is 0. The number of ether oxygens (including phenoxy) is 2. The maximum atomic E-state index is 12.8. The first kappa shape index (κ1) is 27.4. The number of likely N-dealkylation sites (tertiary alicyclic amines) is 1. The molecule has 38 heavy (non-hydrogen) atoms. The highest BCUT2D eigenvalue weighted by atomic mass is 16.6. The van der Waals surface area contributed by atoms with Crippen molar-refractivity contribution in [2.75, 3.05) is 24.5 Å². The quantitative estimate of drug-likeness (QED) is 0.402. The number of amides is 2. The number of rotatable bonds is 4. The largest absolute Gasteiger partial charge is 0.444 e. The molecule has 3 aromatic heterocycles. The highest BCUT2D eigenvalue weighted by molar-refractivity contribution is 5.90. The Labute approximate surface area is 224 Å². The highest BCUT2D eigenvalue weighted by Gasteiger charge is 2.29. The molecule has 0 bridgehead atoms. The Morgan fingerprint density at radius 2 is 1.82 bits per heavy atom. The van der Waals surface area contributed by atoms with Gasteiger partial charge in [-0.25, -0.2) is 14.1 Å². The van der Waals surface area contributed by atoms with E-state index in [1.165, 1.54) is 0 Å². The third kappa shape index (κ3) is 6.44. The van der Waals surface area contributed by atoms with Gasteiger partial charge in [-0.2, -0.15) is 5.10 Å². The highest BCUT2D eigenvalue weighted by Crippen LogP contribution is 2.31. The van der Waals surface area contributed by atoms with E-state index in [4.69, 9.17) is 14.5 Å². The lowest BCUT2D eigenvalue weighted by Gasteiger charge is -2.34. The topological polar surface area (TPSA) is 89.3 Å². The second-order valence-electron chi connectivity index (χ2n) is 11.7. The molecular weight excluding hydrogens is 482 g/mol. The van der Waals surface area contributed by atoms with Crippen LogP contribution < -0.4 is 4.90 Å². The molecule has 9 nitrogen and oxygen atoms in total. The lowest BCUT2D eigenvalue weighted by molar-refractivity contribution is 0.0197. The van der Waals surface area contributed by atoms with Gasteiger partial charge in [0.25, 0.3) is 0 Å². The SMILES string of the molecule is CCN(C(=O)OC(C)(C)C)c1ccn2ncc(-c3cccc(C4CCCN(C(=O)OC(C)(C)C)C4)n3)c2c1. The van der Waals surface area contributed by atoms with Crippen molar-refractivity contribution in [1.29, 1.82) is 0 Å². The first-order valence-electron chi connectivity index (χ1n) is 13.3. The van der Waals surface area contributed by atoms with E-state index in [1.54, 1.807) is 20.5 Å². The van der Waals surface area contributed by atoms with Gasteiger partial charge < -0.3 is 14.4 Å². The lowest BCUT2D eigenvalue weighted by Crippen LogP contribution is -2.42. The summed E-state index contributed by atoms with van der Waals surface area (Å²) in [7, 11) is 0. The van der Waals surface area contributed by atoms with Crippen LogP contribution in [-0.4, -0.2) is 62.5 Å². The number of carbonyl (C=O) groups is 2. The smallest absolute Gasteiger partial charge is 0.414 e. The maximum Gasteiger partial charge on any atom is 0.414 e. The van der Waals surface area contributed by atoms with Crippen molar-refractivity contribution in [2.24, 2.45) is 0 Å². The Bertz CT molecular complexity index is 1300. The van der Waals surface area contributed by atoms with Gasteiger partial charge in [0.15, 0.2) is 0 Å². The maximum absolute atomic E-state index is 12.8. The van der Waals surface area contributed by atoms with Crippen LogP contribution in [0.1, 0.15) is 72.9 Å². The minimum absolute atomic E-state index is 0.122. The molecule has 9 heteroatoms. The van der Waals surface area contributed by atoms with Crippen molar-refractivity contribution in [2.45, 2.75) is 78.4 Å². The van der Waals surface area contributed by atoms with Gasteiger partial charge in [0.05, 0.1) is 23.1 Å². The van der Waals surface area contributed by atoms with Crippen LogP contribution in [0.15, 0.2) is 42.7 Å². The van der Waals surface area contributed by atoms with Crippen LogP contribution in [0.25, 0.3) is 16.8 Å². The second-order valence-corrected chi connectivity index (χ2v) is 11.7. The van der Waals surface area contributed by atoms with Crippen molar-refractivity contribution in [3.63, 3.8) is 0 Å². The number of hydrogen-bond acceptors (Lipinski definition) is 6. The third-order valence-electron chi connectivity index (χ3n) is 6.28. The van der Waals surface area contributed by atoms with E-state index in [2.05, 4.69) is 5.10 Å². The summed E-state index contributed by atoms with van der Waals surface area (Å²) in [6, 6.07) is 9.78. The van der Waals surface area contributed by atoms with Crippen LogP contribution in [0.4, 0.5) is 15.3 Å². The fourth-order valence-corrected chi connectivity index (χ4v) is 4.61. The van der Waals surface area contributed by atoms with Crippen molar-refractivity contribution < 1.29 is 19.1 Å². The number of nitrogens with zero attached hydrogens (tertiary/aromatic N) is 5. The molecule has 2 amide bonds. The van der Waals surface area contributed by atoms with E-state index in [9.17, 15) is 9.59 Å². The molecular formula is C29H39N5O4. The summed E-state index contributed by atoms with van der Waals surface area (Å²) >= 11 is 0. The van der Waals surface area contributed by atoms with Gasteiger partial charge in [-0.3, -0.25) is 9.88 Å². The number of carbonyl (C=O) groups excluding carboxylic acids is 2. The number of fused-ring (bicyclic) bond motifs is 1. The minimum atomic E-state index is -0.584. The molecule has 0 aliphatic carbocycles. The molecule has 1 saturated heterocycles. The van der Waals surface area contributed by atoms with E-state index in [0.717, 1.165) is 41.0 Å². The Morgan fingerprint density at radius 3 is 2.50 bits per heavy atom. The number of anilines is 1. The number of piperidine rings is 1. The van der Waals surface area contributed by atoms with Gasteiger partial charge in [0, 0.05) is 43.0 Å². The Balaban J connectivity index is 1.60. The van der Waals surface area contributed by atoms with Crippen LogP contribution in [0.5, 0.6) is 0 Å². The van der Waals surface area contributed by atoms with E-state index >= 15 is 0 Å². The van der Waals surface area contributed by atoms with Gasteiger partial charge in [-0.15, -0.1) is 0 Å². The van der Waals surface area contributed by atoms with E-state index in [0.29, 0.717) is 19.6 Å². The van der Waals surface area contributed by atoms with Crippen LogP contribution in [0, 0.1) is 0 Å². The van der Waals surface area contributed by atoms with Crippen LogP contribution in [0.2, 0.25) is 0 Å². The van der Waals surface area contributed by atoms with Gasteiger partial charge in [0.2, 0.25) is 0 Å². The van der Waals surface area contributed by atoms with Gasteiger partial charge in [-0.1, -0.05) is 6.07 Å². The van der Waals surface area contributed by atoms with Crippen molar-refractivity contribution in [3.05, 3.63) is 48.4 Å². The molecule has 0 N–H and O–H groups in total. The molecule has 1 fully saturated rings. The van der Waals surface area contributed by atoms with Crippen LogP contribution in [-0.2, 0) is 9.47 Å². The molecule has 204 valence electrons. The molecule has 1 aliphatic rings. The summed E-state index contributed by atoms with van der Waals surface area (Å²) in [5.74, 6) is 0.122. The van der Waals surface area contributed by atoms with Gasteiger partial charge in [0.1, 0.15) is 11.2 Å². The molecule has 0 radical (unpaired) electrons. The van der Waals surface area contributed by atoms with Gasteiger partial charge >= 0.3 is 12.2 Å².